The second-order valence-electron chi connectivity index (χ2n) is 14.6. The van der Waals surface area contributed by atoms with E-state index in [0.29, 0.717) is 6.42 Å². The number of nitrogens with one attached hydrogen (secondary N) is 3. The lowest BCUT2D eigenvalue weighted by Crippen LogP contribution is -2.54. The van der Waals surface area contributed by atoms with Crippen LogP contribution in [0.4, 0.5) is 4.79 Å². The molecule has 1 atom stereocenters. The molecule has 316 valence electrons. The molecule has 0 saturated heterocycles. The number of ether oxygens (including phenoxy) is 1. The van der Waals surface area contributed by atoms with Crippen molar-refractivity contribution in [3.63, 3.8) is 0 Å². The summed E-state index contributed by atoms with van der Waals surface area (Å²) in [7, 11) is 0. The lowest BCUT2D eigenvalue weighted by molar-refractivity contribution is -0.149. The molecule has 0 aliphatic rings. The molecule has 6 N–H and O–H groups in total. The van der Waals surface area contributed by atoms with Crippen molar-refractivity contribution in [2.45, 2.75) is 207 Å². The lowest BCUT2D eigenvalue weighted by Gasteiger charge is -2.29. The number of carboxylic acids is 1. The highest BCUT2D eigenvalue weighted by molar-refractivity contribution is 5.97. The van der Waals surface area contributed by atoms with E-state index in [4.69, 9.17) is 15.9 Å². The topological polar surface area (TPSA) is 161 Å². The molecule has 0 rings (SSSR count). The first kappa shape index (κ1) is 55.5. The molecule has 0 spiro atoms. The SMILES string of the molecule is CCCCCCCCCCCCCCN(CCCCCCCCCCCCCC)NCC(=O)N(C(=O)OC(C)C)C(CCCNC(=N)N)C(=O)O.Cl.Cl. The normalized spacial score (nSPS) is 11.5. The van der Waals surface area contributed by atoms with Crippen LogP contribution in [0.2, 0.25) is 0 Å². The summed E-state index contributed by atoms with van der Waals surface area (Å²) in [6.45, 7) is 9.48. The Morgan fingerprint density at radius 1 is 0.660 bits per heavy atom. The van der Waals surface area contributed by atoms with E-state index in [-0.39, 0.29) is 50.3 Å². The highest BCUT2D eigenvalue weighted by Gasteiger charge is 2.36. The van der Waals surface area contributed by atoms with Crippen LogP contribution in [-0.2, 0) is 14.3 Å². The Balaban J connectivity index is -0.0000125. The van der Waals surface area contributed by atoms with E-state index in [1.807, 2.05) is 0 Å². The van der Waals surface area contributed by atoms with Gasteiger partial charge in [0.15, 0.2) is 5.96 Å². The number of carboxylic acid groups (broad SMARTS) is 1. The molecule has 11 nitrogen and oxygen atoms in total. The summed E-state index contributed by atoms with van der Waals surface area (Å²) in [5.74, 6) is -2.14. The van der Waals surface area contributed by atoms with Gasteiger partial charge in [-0.3, -0.25) is 10.2 Å². The van der Waals surface area contributed by atoms with Gasteiger partial charge in [0.25, 0.3) is 0 Å². The third-order valence-electron chi connectivity index (χ3n) is 9.39. The molecule has 0 fully saturated rings. The van der Waals surface area contributed by atoms with Crippen molar-refractivity contribution in [1.29, 1.82) is 5.41 Å². The van der Waals surface area contributed by atoms with Crippen LogP contribution in [0.15, 0.2) is 0 Å². The Hall–Kier alpha value is -1.82. The predicted octanol–water partition coefficient (Wildman–Crippen LogP) is 10.1. The molecule has 13 heteroatoms. The predicted molar refractivity (Wildman–Crippen MR) is 225 cm³/mol. The molecule has 2 amide bonds. The van der Waals surface area contributed by atoms with E-state index in [1.54, 1.807) is 13.8 Å². The minimum Gasteiger partial charge on any atom is -0.480 e. The van der Waals surface area contributed by atoms with Gasteiger partial charge < -0.3 is 20.9 Å². The Bertz CT molecular complexity index is 859. The van der Waals surface area contributed by atoms with Crippen LogP contribution in [-0.4, -0.2) is 77.3 Å². The number of unbranched alkanes of at least 4 members (excludes halogenated alkanes) is 22. The lowest BCUT2D eigenvalue weighted by atomic mass is 10.0. The number of hydrogen-bond acceptors (Lipinski definition) is 7. The maximum absolute atomic E-state index is 13.5. The number of nitrogens with two attached hydrogens (primary N) is 1. The summed E-state index contributed by atoms with van der Waals surface area (Å²) in [5, 5.41) is 22.0. The Kier molecular flexibility index (Phi) is 41.8. The fourth-order valence-corrected chi connectivity index (χ4v) is 6.36. The van der Waals surface area contributed by atoms with Gasteiger partial charge in [0.05, 0.1) is 12.6 Å². The molecule has 0 saturated carbocycles. The van der Waals surface area contributed by atoms with Crippen molar-refractivity contribution in [3.05, 3.63) is 0 Å². The van der Waals surface area contributed by atoms with Crippen LogP contribution >= 0.6 is 24.8 Å². The molecular formula is C40H82Cl2N6O5. The molecule has 0 aliphatic heterocycles. The average molecular weight is 798 g/mol. The number of amides is 2. The van der Waals surface area contributed by atoms with Crippen LogP contribution in [0, 0.1) is 5.41 Å². The van der Waals surface area contributed by atoms with Crippen molar-refractivity contribution in [1.82, 2.24) is 20.7 Å². The van der Waals surface area contributed by atoms with Gasteiger partial charge in [0, 0.05) is 19.6 Å². The minimum atomic E-state index is -1.39. The molecule has 53 heavy (non-hydrogen) atoms. The number of imide groups is 1. The van der Waals surface area contributed by atoms with Crippen molar-refractivity contribution in [2.24, 2.45) is 5.73 Å². The summed E-state index contributed by atoms with van der Waals surface area (Å²) in [5.41, 5.74) is 8.59. The number of guanidine groups is 1. The number of rotatable bonds is 36. The minimum absolute atomic E-state index is 0. The first-order valence-electron chi connectivity index (χ1n) is 21.0. The zero-order valence-electron chi connectivity index (χ0n) is 34.2. The van der Waals surface area contributed by atoms with Crippen molar-refractivity contribution >= 4 is 48.7 Å². The molecule has 0 aromatic heterocycles. The van der Waals surface area contributed by atoms with E-state index < -0.39 is 30.1 Å². The van der Waals surface area contributed by atoms with Crippen molar-refractivity contribution < 1.29 is 24.2 Å². The van der Waals surface area contributed by atoms with Gasteiger partial charge in [0.2, 0.25) is 5.91 Å². The van der Waals surface area contributed by atoms with Crippen LogP contribution in [0.25, 0.3) is 0 Å². The third kappa shape index (κ3) is 34.4. The summed E-state index contributed by atoms with van der Waals surface area (Å²) in [6.07, 6.45) is 29.4. The largest absolute Gasteiger partial charge is 0.480 e. The Morgan fingerprint density at radius 3 is 1.38 bits per heavy atom. The molecule has 0 aromatic carbocycles. The first-order chi connectivity index (χ1) is 24.6. The molecule has 0 heterocycles. The average Bonchev–Trinajstić information content (AvgIpc) is 3.08. The van der Waals surface area contributed by atoms with Crippen molar-refractivity contribution in [2.75, 3.05) is 26.2 Å². The fourth-order valence-electron chi connectivity index (χ4n) is 6.36. The van der Waals surface area contributed by atoms with Crippen molar-refractivity contribution in [3.8, 4) is 0 Å². The third-order valence-corrected chi connectivity index (χ3v) is 9.39. The van der Waals surface area contributed by atoms with Gasteiger partial charge in [-0.05, 0) is 39.5 Å². The van der Waals surface area contributed by atoms with Crippen LogP contribution < -0.4 is 16.5 Å². The van der Waals surface area contributed by atoms with Crippen LogP contribution in [0.1, 0.15) is 195 Å². The molecular weight excluding hydrogens is 715 g/mol. The zero-order valence-corrected chi connectivity index (χ0v) is 35.9. The number of hydrogen-bond donors (Lipinski definition) is 5. The summed E-state index contributed by atoms with van der Waals surface area (Å²) >= 11 is 0. The molecule has 0 aliphatic carbocycles. The molecule has 0 bridgehead atoms. The van der Waals surface area contributed by atoms with Crippen LogP contribution in [0.5, 0.6) is 0 Å². The number of carbonyl (C=O) groups is 3. The summed E-state index contributed by atoms with van der Waals surface area (Å²) in [6, 6.07) is -1.39. The molecule has 1 unspecified atom stereocenters. The number of aliphatic carboxylic acids is 1. The van der Waals surface area contributed by atoms with Gasteiger partial charge in [-0.2, -0.15) is 0 Å². The highest BCUT2D eigenvalue weighted by atomic mass is 35.5. The Morgan fingerprint density at radius 2 is 1.04 bits per heavy atom. The zero-order chi connectivity index (χ0) is 38.0. The summed E-state index contributed by atoms with van der Waals surface area (Å²) in [4.78, 5) is 39.5. The van der Waals surface area contributed by atoms with Gasteiger partial charge in [0.1, 0.15) is 6.04 Å². The number of carbonyl (C=O) groups excluding carboxylic acids is 2. The fraction of sp³-hybridized carbons (Fsp3) is 0.900. The first-order valence-corrected chi connectivity index (χ1v) is 21.0. The standard InChI is InChI=1S/C40H80N6O5.2ClH/c1-5-7-9-11-13-15-17-19-21-23-25-27-32-45(33-28-26-24-22-20-18-16-14-12-10-8-6-2)44-34-37(47)46(40(50)51-35(3)4)36(38(48)49)30-29-31-43-39(41)42;;/h35-36,44H,5-34H2,1-4H3,(H,48,49)(H4,41,42,43);2*1H. The quantitative estimate of drug-likeness (QED) is 0.0180. The van der Waals surface area contributed by atoms with Gasteiger partial charge in [-0.1, -0.05) is 155 Å². The van der Waals surface area contributed by atoms with Crippen LogP contribution in [0.3, 0.4) is 0 Å². The number of hydrazine groups is 1. The van der Waals surface area contributed by atoms with E-state index in [1.165, 1.54) is 128 Å². The number of nitrogens with zero attached hydrogens (tertiary/aromatic N) is 2. The van der Waals surface area contributed by atoms with E-state index in [2.05, 4.69) is 29.6 Å². The summed E-state index contributed by atoms with van der Waals surface area (Å²) < 4.78 is 5.31. The van der Waals surface area contributed by atoms with E-state index >= 15 is 0 Å². The van der Waals surface area contributed by atoms with Gasteiger partial charge >= 0.3 is 12.1 Å². The van der Waals surface area contributed by atoms with Gasteiger partial charge in [-0.25, -0.2) is 24.9 Å². The highest BCUT2D eigenvalue weighted by Crippen LogP contribution is 2.15. The second-order valence-corrected chi connectivity index (χ2v) is 14.6. The van der Waals surface area contributed by atoms with Gasteiger partial charge in [-0.15, -0.1) is 24.8 Å². The monoisotopic (exact) mass is 797 g/mol. The second kappa shape index (κ2) is 39.9. The molecule has 0 radical (unpaired) electrons. The number of halogens is 2. The smallest absolute Gasteiger partial charge is 0.417 e. The van der Waals surface area contributed by atoms with E-state index in [0.717, 1.165) is 43.7 Å². The Labute approximate surface area is 336 Å². The van der Waals surface area contributed by atoms with E-state index in [9.17, 15) is 19.5 Å². The maximum atomic E-state index is 13.5. The molecule has 0 aromatic rings. The maximum Gasteiger partial charge on any atom is 0.417 e.